The molecule has 1 aliphatic carbocycles. The number of hydrogen-bond acceptors (Lipinski definition) is 5. The SMILES string of the molecule is CC1CCc2nc3ccccc3c(C(=O)OCC(=O)Nc3ccc(OC(F)F)cc3)c2C1. The smallest absolute Gasteiger partial charge is 0.387 e. The quantitative estimate of drug-likeness (QED) is 0.560. The molecular weight excluding hydrogens is 418 g/mol. The van der Waals surface area contributed by atoms with E-state index in [4.69, 9.17) is 9.72 Å². The van der Waals surface area contributed by atoms with Crippen LogP contribution in [0, 0.1) is 5.92 Å². The molecule has 1 heterocycles. The Kier molecular flexibility index (Phi) is 6.30. The summed E-state index contributed by atoms with van der Waals surface area (Å²) in [5.41, 5.74) is 3.36. The Labute approximate surface area is 183 Å². The Hall–Kier alpha value is -3.55. The molecule has 1 N–H and O–H groups in total. The molecule has 0 saturated heterocycles. The lowest BCUT2D eigenvalue weighted by atomic mass is 9.84. The number of aryl methyl sites for hydroxylation is 1. The van der Waals surface area contributed by atoms with Gasteiger partial charge in [0, 0.05) is 16.8 Å². The fraction of sp³-hybridized carbons (Fsp3) is 0.292. The molecule has 32 heavy (non-hydrogen) atoms. The second-order valence-electron chi connectivity index (χ2n) is 7.80. The molecule has 1 unspecified atom stereocenters. The number of pyridine rings is 1. The highest BCUT2D eigenvalue weighted by atomic mass is 19.3. The van der Waals surface area contributed by atoms with Crippen molar-refractivity contribution < 1.29 is 27.8 Å². The van der Waals surface area contributed by atoms with Gasteiger partial charge >= 0.3 is 12.6 Å². The number of esters is 1. The molecule has 1 aliphatic rings. The predicted octanol–water partition coefficient (Wildman–Crippen LogP) is 4.76. The molecule has 0 bridgehead atoms. The van der Waals surface area contributed by atoms with Gasteiger partial charge in [-0.15, -0.1) is 0 Å². The van der Waals surface area contributed by atoms with Crippen LogP contribution >= 0.6 is 0 Å². The van der Waals surface area contributed by atoms with E-state index in [1.807, 2.05) is 24.3 Å². The highest BCUT2D eigenvalue weighted by Crippen LogP contribution is 2.32. The number of hydrogen-bond donors (Lipinski definition) is 1. The Bertz CT molecular complexity index is 1150. The summed E-state index contributed by atoms with van der Waals surface area (Å²) < 4.78 is 34.1. The van der Waals surface area contributed by atoms with Gasteiger partial charge in [0.2, 0.25) is 0 Å². The normalized spacial score (nSPS) is 15.3. The molecule has 3 aromatic rings. The number of ether oxygens (including phenoxy) is 2. The highest BCUT2D eigenvalue weighted by molar-refractivity contribution is 6.06. The topological polar surface area (TPSA) is 77.5 Å². The van der Waals surface area contributed by atoms with Gasteiger partial charge in [0.15, 0.2) is 6.61 Å². The number of nitrogens with one attached hydrogen (secondary N) is 1. The summed E-state index contributed by atoms with van der Waals surface area (Å²) in [6.45, 7) is -1.26. The molecule has 0 aliphatic heterocycles. The van der Waals surface area contributed by atoms with Gasteiger partial charge in [0.25, 0.3) is 5.91 Å². The number of rotatable bonds is 6. The van der Waals surface area contributed by atoms with Crippen LogP contribution in [0.3, 0.4) is 0 Å². The van der Waals surface area contributed by atoms with Crippen molar-refractivity contribution in [1.29, 1.82) is 0 Å². The molecule has 1 atom stereocenters. The largest absolute Gasteiger partial charge is 0.452 e. The lowest BCUT2D eigenvalue weighted by Crippen LogP contribution is -2.23. The summed E-state index contributed by atoms with van der Waals surface area (Å²) in [6.07, 6.45) is 2.54. The van der Waals surface area contributed by atoms with Crippen LogP contribution in [0.1, 0.15) is 35.0 Å². The molecule has 0 fully saturated rings. The van der Waals surface area contributed by atoms with E-state index < -0.39 is 25.1 Å². The third kappa shape index (κ3) is 4.85. The van der Waals surface area contributed by atoms with Crippen LogP contribution in [0.15, 0.2) is 48.5 Å². The van der Waals surface area contributed by atoms with E-state index in [1.54, 1.807) is 0 Å². The Morgan fingerprint density at radius 2 is 1.91 bits per heavy atom. The molecule has 166 valence electrons. The summed E-state index contributed by atoms with van der Waals surface area (Å²) in [7, 11) is 0. The first-order chi connectivity index (χ1) is 15.4. The average Bonchev–Trinajstić information content (AvgIpc) is 2.77. The molecule has 2 aromatic carbocycles. The number of nitrogens with zero attached hydrogens (tertiary/aromatic N) is 1. The number of aromatic nitrogens is 1. The summed E-state index contributed by atoms with van der Waals surface area (Å²) in [5, 5.41) is 3.27. The highest BCUT2D eigenvalue weighted by Gasteiger charge is 2.26. The molecule has 0 spiro atoms. The van der Waals surface area contributed by atoms with Crippen molar-refractivity contribution in [3.05, 3.63) is 65.4 Å². The lowest BCUT2D eigenvalue weighted by Gasteiger charge is -2.24. The van der Waals surface area contributed by atoms with Crippen molar-refractivity contribution in [2.75, 3.05) is 11.9 Å². The van der Waals surface area contributed by atoms with E-state index >= 15 is 0 Å². The van der Waals surface area contributed by atoms with E-state index in [9.17, 15) is 18.4 Å². The number of carbonyl (C=O) groups is 2. The maximum absolute atomic E-state index is 13.0. The van der Waals surface area contributed by atoms with Gasteiger partial charge in [-0.05, 0) is 61.1 Å². The number of fused-ring (bicyclic) bond motifs is 2. The first-order valence-electron chi connectivity index (χ1n) is 10.3. The van der Waals surface area contributed by atoms with Crippen LogP contribution in [-0.4, -0.2) is 30.1 Å². The standard InChI is InChI=1S/C24H22F2N2O4/c1-14-6-11-20-18(12-14)22(17-4-2-3-5-19(17)28-20)23(30)31-13-21(29)27-15-7-9-16(10-8-15)32-24(25)26/h2-5,7-10,14,24H,6,11-13H2,1H3,(H,27,29). The molecule has 8 heteroatoms. The monoisotopic (exact) mass is 440 g/mol. The third-order valence-corrected chi connectivity index (χ3v) is 5.41. The third-order valence-electron chi connectivity index (χ3n) is 5.41. The van der Waals surface area contributed by atoms with E-state index in [0.717, 1.165) is 36.0 Å². The Balaban J connectivity index is 1.47. The summed E-state index contributed by atoms with van der Waals surface area (Å²) in [6, 6.07) is 12.9. The first-order valence-corrected chi connectivity index (χ1v) is 10.3. The van der Waals surface area contributed by atoms with Crippen molar-refractivity contribution in [1.82, 2.24) is 4.98 Å². The lowest BCUT2D eigenvalue weighted by molar-refractivity contribution is -0.119. The van der Waals surface area contributed by atoms with Crippen LogP contribution in [0.25, 0.3) is 10.9 Å². The van der Waals surface area contributed by atoms with Gasteiger partial charge in [0.1, 0.15) is 5.75 Å². The molecule has 6 nitrogen and oxygen atoms in total. The molecule has 1 aromatic heterocycles. The second kappa shape index (κ2) is 9.30. The van der Waals surface area contributed by atoms with Crippen LogP contribution in [-0.2, 0) is 22.4 Å². The molecular formula is C24H22F2N2O4. The number of anilines is 1. The van der Waals surface area contributed by atoms with Crippen LogP contribution in [0.4, 0.5) is 14.5 Å². The molecule has 0 radical (unpaired) electrons. The number of benzene rings is 2. The number of amides is 1. The maximum atomic E-state index is 13.0. The summed E-state index contributed by atoms with van der Waals surface area (Å²) in [5.74, 6) is -0.698. The van der Waals surface area contributed by atoms with E-state index in [-0.39, 0.29) is 5.75 Å². The fourth-order valence-corrected chi connectivity index (χ4v) is 3.92. The van der Waals surface area contributed by atoms with Gasteiger partial charge in [-0.2, -0.15) is 8.78 Å². The van der Waals surface area contributed by atoms with Gasteiger partial charge in [-0.25, -0.2) is 4.79 Å². The molecule has 1 amide bonds. The minimum absolute atomic E-state index is 0.0204. The van der Waals surface area contributed by atoms with Crippen molar-refractivity contribution in [3.8, 4) is 5.75 Å². The number of para-hydroxylation sites is 1. The summed E-state index contributed by atoms with van der Waals surface area (Å²) in [4.78, 5) is 30.0. The number of halogens is 2. The van der Waals surface area contributed by atoms with E-state index in [1.165, 1.54) is 24.3 Å². The molecule has 4 rings (SSSR count). The van der Waals surface area contributed by atoms with E-state index in [0.29, 0.717) is 22.6 Å². The van der Waals surface area contributed by atoms with Crippen molar-refractivity contribution in [3.63, 3.8) is 0 Å². The van der Waals surface area contributed by atoms with Crippen molar-refractivity contribution in [2.24, 2.45) is 5.92 Å². The minimum Gasteiger partial charge on any atom is -0.452 e. The van der Waals surface area contributed by atoms with Crippen LogP contribution in [0.2, 0.25) is 0 Å². The van der Waals surface area contributed by atoms with Crippen molar-refractivity contribution >= 4 is 28.5 Å². The second-order valence-corrected chi connectivity index (χ2v) is 7.80. The fourth-order valence-electron chi connectivity index (χ4n) is 3.92. The zero-order valence-electron chi connectivity index (χ0n) is 17.4. The minimum atomic E-state index is -2.92. The Morgan fingerprint density at radius 1 is 1.16 bits per heavy atom. The van der Waals surface area contributed by atoms with Gasteiger partial charge in [-0.1, -0.05) is 25.1 Å². The summed E-state index contributed by atoms with van der Waals surface area (Å²) >= 11 is 0. The Morgan fingerprint density at radius 3 is 2.66 bits per heavy atom. The number of alkyl halides is 2. The average molecular weight is 440 g/mol. The number of carbonyl (C=O) groups excluding carboxylic acids is 2. The van der Waals surface area contributed by atoms with Gasteiger partial charge in [0.05, 0.1) is 11.1 Å². The van der Waals surface area contributed by atoms with Crippen LogP contribution < -0.4 is 10.1 Å². The van der Waals surface area contributed by atoms with Crippen LogP contribution in [0.5, 0.6) is 5.75 Å². The van der Waals surface area contributed by atoms with E-state index in [2.05, 4.69) is 17.0 Å². The zero-order valence-corrected chi connectivity index (χ0v) is 17.4. The maximum Gasteiger partial charge on any atom is 0.387 e. The van der Waals surface area contributed by atoms with Gasteiger partial charge < -0.3 is 14.8 Å². The predicted molar refractivity (Wildman–Crippen MR) is 115 cm³/mol. The van der Waals surface area contributed by atoms with Crippen molar-refractivity contribution in [2.45, 2.75) is 32.8 Å². The molecule has 0 saturated carbocycles. The zero-order chi connectivity index (χ0) is 22.7. The first kappa shape index (κ1) is 21.7. The van der Waals surface area contributed by atoms with Gasteiger partial charge in [-0.3, -0.25) is 9.78 Å².